The lowest BCUT2D eigenvalue weighted by atomic mass is 10.1. The zero-order valence-electron chi connectivity index (χ0n) is 14.5. The van der Waals surface area contributed by atoms with Gasteiger partial charge in [-0.05, 0) is 26.0 Å². The van der Waals surface area contributed by atoms with Gasteiger partial charge in [-0.2, -0.15) is 0 Å². The summed E-state index contributed by atoms with van der Waals surface area (Å²) in [6.45, 7) is 3.32. The number of esters is 1. The molecule has 1 N–H and O–H groups in total. The van der Waals surface area contributed by atoms with Crippen LogP contribution in [0.4, 0.5) is 0 Å². The van der Waals surface area contributed by atoms with E-state index in [0.717, 1.165) is 0 Å². The number of benzene rings is 1. The van der Waals surface area contributed by atoms with Gasteiger partial charge >= 0.3 is 5.97 Å². The molecular formula is C17H23NO6. The van der Waals surface area contributed by atoms with E-state index in [4.69, 9.17) is 18.9 Å². The molecule has 0 atom stereocenters. The minimum atomic E-state index is -0.634. The first-order valence-corrected chi connectivity index (χ1v) is 7.35. The minimum absolute atomic E-state index is 0.0113. The van der Waals surface area contributed by atoms with Crippen molar-refractivity contribution in [1.29, 1.82) is 0 Å². The van der Waals surface area contributed by atoms with Crippen LogP contribution in [0.2, 0.25) is 0 Å². The Kier molecular flexibility index (Phi) is 7.61. The summed E-state index contributed by atoms with van der Waals surface area (Å²) in [7, 11) is 4.54. The van der Waals surface area contributed by atoms with Crippen LogP contribution in [-0.4, -0.2) is 45.9 Å². The van der Waals surface area contributed by atoms with Crippen molar-refractivity contribution in [1.82, 2.24) is 5.32 Å². The average molecular weight is 337 g/mol. The molecule has 0 saturated heterocycles. The molecule has 0 bridgehead atoms. The third-order valence-corrected chi connectivity index (χ3v) is 2.93. The smallest absolute Gasteiger partial charge is 0.331 e. The second kappa shape index (κ2) is 9.44. The van der Waals surface area contributed by atoms with Gasteiger partial charge in [0.1, 0.15) is 5.75 Å². The van der Waals surface area contributed by atoms with Gasteiger partial charge in [-0.1, -0.05) is 0 Å². The first-order chi connectivity index (χ1) is 11.4. The number of rotatable bonds is 8. The maximum absolute atomic E-state index is 11.7. The van der Waals surface area contributed by atoms with Gasteiger partial charge in [0.2, 0.25) is 0 Å². The Bertz CT molecular complexity index is 609. The van der Waals surface area contributed by atoms with Crippen LogP contribution in [0.1, 0.15) is 19.4 Å². The van der Waals surface area contributed by atoms with Crippen LogP contribution in [-0.2, 0) is 14.3 Å². The highest BCUT2D eigenvalue weighted by Crippen LogP contribution is 2.35. The van der Waals surface area contributed by atoms with E-state index in [9.17, 15) is 9.59 Å². The minimum Gasteiger partial charge on any atom is -0.496 e. The van der Waals surface area contributed by atoms with Crippen LogP contribution in [0.15, 0.2) is 18.2 Å². The van der Waals surface area contributed by atoms with Crippen LogP contribution in [0.5, 0.6) is 17.2 Å². The SMILES string of the molecule is COc1cc(OC)c(OC)cc1/C=C/C(=O)OCC(=O)NC(C)C. The maximum Gasteiger partial charge on any atom is 0.331 e. The Morgan fingerprint density at radius 1 is 1.04 bits per heavy atom. The Hall–Kier alpha value is -2.70. The lowest BCUT2D eigenvalue weighted by Crippen LogP contribution is -2.33. The number of hydrogen-bond acceptors (Lipinski definition) is 6. The lowest BCUT2D eigenvalue weighted by molar-refractivity contribution is -0.143. The predicted octanol–water partition coefficient (Wildman–Crippen LogP) is 1.79. The van der Waals surface area contributed by atoms with Crippen molar-refractivity contribution in [3.8, 4) is 17.2 Å². The molecule has 0 saturated carbocycles. The number of methoxy groups -OCH3 is 3. The van der Waals surface area contributed by atoms with Crippen molar-refractivity contribution in [2.45, 2.75) is 19.9 Å². The van der Waals surface area contributed by atoms with Gasteiger partial charge in [-0.15, -0.1) is 0 Å². The fourth-order valence-electron chi connectivity index (χ4n) is 1.89. The van der Waals surface area contributed by atoms with E-state index in [2.05, 4.69) is 5.32 Å². The number of nitrogens with one attached hydrogen (secondary N) is 1. The summed E-state index contributed by atoms with van der Waals surface area (Å²) in [5.74, 6) is 0.539. The summed E-state index contributed by atoms with van der Waals surface area (Å²) < 4.78 is 20.5. The second-order valence-corrected chi connectivity index (χ2v) is 5.11. The molecule has 1 rings (SSSR count). The summed E-state index contributed by atoms with van der Waals surface area (Å²) in [5, 5.41) is 2.63. The maximum atomic E-state index is 11.7. The Balaban J connectivity index is 2.78. The van der Waals surface area contributed by atoms with Gasteiger partial charge in [0.15, 0.2) is 18.1 Å². The molecule has 1 aromatic carbocycles. The molecule has 1 aromatic rings. The number of amides is 1. The van der Waals surface area contributed by atoms with E-state index >= 15 is 0 Å². The summed E-state index contributed by atoms with van der Waals surface area (Å²) in [6, 6.07) is 3.31. The van der Waals surface area contributed by atoms with E-state index in [1.807, 2.05) is 13.8 Å². The van der Waals surface area contributed by atoms with Gasteiger partial charge in [0, 0.05) is 23.7 Å². The molecular weight excluding hydrogens is 314 g/mol. The summed E-state index contributed by atoms with van der Waals surface area (Å²) >= 11 is 0. The average Bonchev–Trinajstić information content (AvgIpc) is 2.56. The monoisotopic (exact) mass is 337 g/mol. The van der Waals surface area contributed by atoms with Crippen LogP contribution in [0.3, 0.4) is 0 Å². The van der Waals surface area contributed by atoms with Gasteiger partial charge in [-0.3, -0.25) is 4.79 Å². The highest BCUT2D eigenvalue weighted by Gasteiger charge is 2.11. The molecule has 0 spiro atoms. The summed E-state index contributed by atoms with van der Waals surface area (Å²) in [5.41, 5.74) is 0.610. The van der Waals surface area contributed by atoms with Crippen molar-refractivity contribution in [2.75, 3.05) is 27.9 Å². The molecule has 7 heteroatoms. The zero-order chi connectivity index (χ0) is 18.1. The van der Waals surface area contributed by atoms with Gasteiger partial charge in [-0.25, -0.2) is 4.79 Å². The number of hydrogen-bond donors (Lipinski definition) is 1. The van der Waals surface area contributed by atoms with E-state index < -0.39 is 5.97 Å². The Morgan fingerprint density at radius 2 is 1.62 bits per heavy atom. The third-order valence-electron chi connectivity index (χ3n) is 2.93. The molecule has 0 radical (unpaired) electrons. The van der Waals surface area contributed by atoms with Crippen LogP contribution < -0.4 is 19.5 Å². The van der Waals surface area contributed by atoms with Crippen molar-refractivity contribution in [3.05, 3.63) is 23.8 Å². The molecule has 0 aliphatic carbocycles. The molecule has 132 valence electrons. The van der Waals surface area contributed by atoms with Crippen LogP contribution in [0.25, 0.3) is 6.08 Å². The topological polar surface area (TPSA) is 83.1 Å². The highest BCUT2D eigenvalue weighted by molar-refractivity contribution is 5.90. The third kappa shape index (κ3) is 5.83. The normalized spacial score (nSPS) is 10.6. The number of carbonyl (C=O) groups excluding carboxylic acids is 2. The molecule has 0 unspecified atom stereocenters. The first kappa shape index (κ1) is 19.3. The van der Waals surface area contributed by atoms with E-state index in [0.29, 0.717) is 22.8 Å². The molecule has 0 aliphatic rings. The fourth-order valence-corrected chi connectivity index (χ4v) is 1.89. The number of carbonyl (C=O) groups is 2. The van der Waals surface area contributed by atoms with E-state index in [-0.39, 0.29) is 18.6 Å². The van der Waals surface area contributed by atoms with Crippen molar-refractivity contribution < 1.29 is 28.5 Å². The van der Waals surface area contributed by atoms with Gasteiger partial charge in [0.05, 0.1) is 21.3 Å². The Morgan fingerprint density at radius 3 is 2.17 bits per heavy atom. The molecule has 7 nitrogen and oxygen atoms in total. The molecule has 0 fully saturated rings. The zero-order valence-corrected chi connectivity index (χ0v) is 14.5. The number of ether oxygens (including phenoxy) is 4. The second-order valence-electron chi connectivity index (χ2n) is 5.11. The predicted molar refractivity (Wildman–Crippen MR) is 89.4 cm³/mol. The lowest BCUT2D eigenvalue weighted by Gasteiger charge is -2.12. The van der Waals surface area contributed by atoms with Crippen molar-refractivity contribution in [3.63, 3.8) is 0 Å². The van der Waals surface area contributed by atoms with E-state index in [1.54, 1.807) is 12.1 Å². The largest absolute Gasteiger partial charge is 0.496 e. The fraction of sp³-hybridized carbons (Fsp3) is 0.412. The molecule has 24 heavy (non-hydrogen) atoms. The van der Waals surface area contributed by atoms with Crippen molar-refractivity contribution in [2.24, 2.45) is 0 Å². The van der Waals surface area contributed by atoms with Gasteiger partial charge < -0.3 is 24.3 Å². The quantitative estimate of drug-likeness (QED) is 0.575. The molecule has 0 aliphatic heterocycles. The highest BCUT2D eigenvalue weighted by atomic mass is 16.5. The molecule has 1 amide bonds. The molecule has 0 heterocycles. The standard InChI is InChI=1S/C17H23NO6/c1-11(2)18-16(19)10-24-17(20)7-6-12-8-14(22-4)15(23-5)9-13(12)21-3/h6-9,11H,10H2,1-5H3,(H,18,19)/b7-6+. The first-order valence-electron chi connectivity index (χ1n) is 7.35. The van der Waals surface area contributed by atoms with Gasteiger partial charge in [0.25, 0.3) is 5.91 Å². The molecule has 0 aromatic heterocycles. The van der Waals surface area contributed by atoms with Crippen molar-refractivity contribution >= 4 is 18.0 Å². The summed E-state index contributed by atoms with van der Waals surface area (Å²) in [4.78, 5) is 23.1. The summed E-state index contributed by atoms with van der Waals surface area (Å²) in [6.07, 6.45) is 2.73. The van der Waals surface area contributed by atoms with Crippen LogP contribution in [0, 0.1) is 0 Å². The van der Waals surface area contributed by atoms with E-state index in [1.165, 1.54) is 33.5 Å². The van der Waals surface area contributed by atoms with Crippen LogP contribution >= 0.6 is 0 Å². The Labute approximate surface area is 141 Å².